The lowest BCUT2D eigenvalue weighted by Gasteiger charge is -2.32. The van der Waals surface area contributed by atoms with Gasteiger partial charge in [-0.25, -0.2) is 0 Å². The summed E-state index contributed by atoms with van der Waals surface area (Å²) in [5.41, 5.74) is -0.592. The van der Waals surface area contributed by atoms with Gasteiger partial charge < -0.3 is 4.74 Å². The molecule has 0 aromatic rings. The Bertz CT molecular complexity index is 271. The predicted molar refractivity (Wildman–Crippen MR) is 84.7 cm³/mol. The maximum absolute atomic E-state index is 12.0. The van der Waals surface area contributed by atoms with E-state index in [4.69, 9.17) is 4.74 Å². The summed E-state index contributed by atoms with van der Waals surface area (Å²) in [4.78, 5) is 12.0. The van der Waals surface area contributed by atoms with Gasteiger partial charge in [0.2, 0.25) is 0 Å². The van der Waals surface area contributed by atoms with Gasteiger partial charge in [0, 0.05) is 11.3 Å². The lowest BCUT2D eigenvalue weighted by molar-refractivity contribution is -0.148. The number of methoxy groups -OCH3 is 1. The van der Waals surface area contributed by atoms with Crippen molar-refractivity contribution in [3.63, 3.8) is 0 Å². The van der Waals surface area contributed by atoms with Gasteiger partial charge in [-0.3, -0.25) is 10.1 Å². The van der Waals surface area contributed by atoms with Gasteiger partial charge in [0.15, 0.2) is 0 Å². The lowest BCUT2D eigenvalue weighted by atomic mass is 9.95. The first-order valence-corrected chi connectivity index (χ1v) is 8.27. The summed E-state index contributed by atoms with van der Waals surface area (Å²) in [7, 11) is 1.46. The Morgan fingerprint density at radius 1 is 1.32 bits per heavy atom. The summed E-state index contributed by atoms with van der Waals surface area (Å²) >= 11 is 1.94. The summed E-state index contributed by atoms with van der Waals surface area (Å²) in [6.45, 7) is 12.7. The van der Waals surface area contributed by atoms with E-state index in [1.54, 1.807) is 0 Å². The van der Waals surface area contributed by atoms with Crippen LogP contribution in [0, 0.1) is 5.92 Å². The number of esters is 1. The molecule has 0 saturated carbocycles. The lowest BCUT2D eigenvalue weighted by Crippen LogP contribution is -2.54. The van der Waals surface area contributed by atoms with Crippen LogP contribution in [0.2, 0.25) is 0 Å². The second kappa shape index (κ2) is 8.85. The largest absolute Gasteiger partial charge is 0.468 e. The molecule has 3 unspecified atom stereocenters. The Balaban J connectivity index is 4.51. The van der Waals surface area contributed by atoms with Crippen LogP contribution in [0.5, 0.6) is 0 Å². The Labute approximate surface area is 123 Å². The van der Waals surface area contributed by atoms with Crippen molar-refractivity contribution in [3.8, 4) is 0 Å². The topological polar surface area (TPSA) is 38.3 Å². The van der Waals surface area contributed by atoms with Crippen molar-refractivity contribution in [2.24, 2.45) is 5.92 Å². The molecule has 0 saturated heterocycles. The van der Waals surface area contributed by atoms with Crippen molar-refractivity contribution < 1.29 is 9.53 Å². The fourth-order valence-corrected chi connectivity index (χ4v) is 3.49. The summed E-state index contributed by atoms with van der Waals surface area (Å²) in [5.74, 6) is 1.71. The molecule has 0 spiro atoms. The molecule has 0 aliphatic rings. The minimum atomic E-state index is -0.592. The highest BCUT2D eigenvalue weighted by molar-refractivity contribution is 7.99. The van der Waals surface area contributed by atoms with Gasteiger partial charge in [0.25, 0.3) is 0 Å². The van der Waals surface area contributed by atoms with Crippen molar-refractivity contribution in [1.82, 2.24) is 5.32 Å². The van der Waals surface area contributed by atoms with Crippen molar-refractivity contribution in [3.05, 3.63) is 0 Å². The molecule has 0 bridgehead atoms. The molecule has 19 heavy (non-hydrogen) atoms. The molecular formula is C15H31NO2S. The van der Waals surface area contributed by atoms with Crippen molar-refractivity contribution in [2.45, 2.75) is 71.2 Å². The van der Waals surface area contributed by atoms with Crippen LogP contribution in [0.4, 0.5) is 0 Å². The highest BCUT2D eigenvalue weighted by Crippen LogP contribution is 2.25. The van der Waals surface area contributed by atoms with Gasteiger partial charge in [0.05, 0.1) is 7.11 Å². The average Bonchev–Trinajstić information content (AvgIpc) is 2.33. The number of carbonyl (C=O) groups excluding carboxylic acids is 1. The zero-order valence-electron chi connectivity index (χ0n) is 13.6. The summed E-state index contributed by atoms with van der Waals surface area (Å²) in [5, 5.41) is 3.79. The first-order chi connectivity index (χ1) is 8.75. The summed E-state index contributed by atoms with van der Waals surface area (Å²) in [6, 6.07) is 0.260. The average molecular weight is 289 g/mol. The number of rotatable bonds is 9. The molecule has 0 heterocycles. The molecule has 1 N–H and O–H groups in total. The Kier molecular flexibility index (Phi) is 8.75. The molecule has 4 heteroatoms. The Morgan fingerprint density at radius 2 is 1.89 bits per heavy atom. The van der Waals surface area contributed by atoms with E-state index >= 15 is 0 Å². The monoisotopic (exact) mass is 289 g/mol. The SMILES string of the molecule is CCC(C)CSC(C)CC(C)(NC(C)C)C(=O)OC. The third-order valence-electron chi connectivity index (χ3n) is 3.30. The Hall–Kier alpha value is -0.220. The molecule has 0 aliphatic heterocycles. The number of nitrogens with one attached hydrogen (secondary N) is 1. The third-order valence-corrected chi connectivity index (χ3v) is 4.80. The number of ether oxygens (including phenoxy) is 1. The second-order valence-corrected chi connectivity index (χ2v) is 7.46. The molecule has 0 amide bonds. The highest BCUT2D eigenvalue weighted by atomic mass is 32.2. The molecule has 0 aromatic heterocycles. The van der Waals surface area contributed by atoms with Crippen LogP contribution in [-0.2, 0) is 9.53 Å². The molecule has 3 atom stereocenters. The van der Waals surface area contributed by atoms with E-state index in [9.17, 15) is 4.79 Å². The predicted octanol–water partition coefficient (Wildman–Crippen LogP) is 3.47. The number of hydrogen-bond acceptors (Lipinski definition) is 4. The summed E-state index contributed by atoms with van der Waals surface area (Å²) in [6.07, 6.45) is 2.00. The summed E-state index contributed by atoms with van der Waals surface area (Å²) < 4.78 is 4.95. The smallest absolute Gasteiger partial charge is 0.325 e. The standard InChI is InChI=1S/C15H31NO2S/c1-8-12(4)10-19-13(5)9-15(6,14(17)18-7)16-11(2)3/h11-13,16H,8-10H2,1-7H3. The van der Waals surface area contributed by atoms with Gasteiger partial charge >= 0.3 is 5.97 Å². The number of thioether (sulfide) groups is 1. The first kappa shape index (κ1) is 18.8. The fraction of sp³-hybridized carbons (Fsp3) is 0.933. The van der Waals surface area contributed by atoms with Gasteiger partial charge in [-0.2, -0.15) is 11.8 Å². The highest BCUT2D eigenvalue weighted by Gasteiger charge is 2.36. The molecule has 0 aromatic carbocycles. The van der Waals surface area contributed by atoms with Crippen molar-refractivity contribution >= 4 is 17.7 Å². The van der Waals surface area contributed by atoms with Crippen LogP contribution in [0.15, 0.2) is 0 Å². The maximum Gasteiger partial charge on any atom is 0.325 e. The van der Waals surface area contributed by atoms with E-state index in [2.05, 4.69) is 39.9 Å². The van der Waals surface area contributed by atoms with E-state index in [-0.39, 0.29) is 12.0 Å². The zero-order valence-corrected chi connectivity index (χ0v) is 14.4. The molecular weight excluding hydrogens is 258 g/mol. The van der Waals surface area contributed by atoms with Crippen LogP contribution in [-0.4, -0.2) is 35.7 Å². The van der Waals surface area contributed by atoms with E-state index in [0.717, 1.165) is 18.1 Å². The number of carbonyl (C=O) groups is 1. The second-order valence-electron chi connectivity index (χ2n) is 5.98. The molecule has 0 fully saturated rings. The first-order valence-electron chi connectivity index (χ1n) is 7.22. The van der Waals surface area contributed by atoms with Gasteiger partial charge in [-0.1, -0.05) is 27.2 Å². The molecule has 0 radical (unpaired) electrons. The van der Waals surface area contributed by atoms with Crippen LogP contribution < -0.4 is 5.32 Å². The van der Waals surface area contributed by atoms with Crippen molar-refractivity contribution in [2.75, 3.05) is 12.9 Å². The third kappa shape index (κ3) is 7.21. The number of hydrogen-bond donors (Lipinski definition) is 1. The van der Waals surface area contributed by atoms with Gasteiger partial charge in [-0.15, -0.1) is 0 Å². The molecule has 114 valence electrons. The minimum Gasteiger partial charge on any atom is -0.468 e. The van der Waals surface area contributed by atoms with Crippen LogP contribution in [0.25, 0.3) is 0 Å². The zero-order chi connectivity index (χ0) is 15.1. The van der Waals surface area contributed by atoms with Crippen LogP contribution in [0.3, 0.4) is 0 Å². The molecule has 0 rings (SSSR count). The van der Waals surface area contributed by atoms with Crippen LogP contribution in [0.1, 0.15) is 54.4 Å². The van der Waals surface area contributed by atoms with Crippen molar-refractivity contribution in [1.29, 1.82) is 0 Å². The van der Waals surface area contributed by atoms with E-state index < -0.39 is 5.54 Å². The minimum absolute atomic E-state index is 0.169. The van der Waals surface area contributed by atoms with Gasteiger partial charge in [0.1, 0.15) is 5.54 Å². The van der Waals surface area contributed by atoms with E-state index in [0.29, 0.717) is 5.25 Å². The van der Waals surface area contributed by atoms with Gasteiger partial charge in [-0.05, 0) is 38.9 Å². The van der Waals surface area contributed by atoms with E-state index in [1.165, 1.54) is 13.5 Å². The fourth-order valence-electron chi connectivity index (χ4n) is 2.14. The normalized spacial score (nSPS) is 17.9. The quantitative estimate of drug-likeness (QED) is 0.660. The maximum atomic E-state index is 12.0. The molecule has 0 aliphatic carbocycles. The van der Waals surface area contributed by atoms with E-state index in [1.807, 2.05) is 18.7 Å². The van der Waals surface area contributed by atoms with Crippen LogP contribution >= 0.6 is 11.8 Å². The molecule has 3 nitrogen and oxygen atoms in total. The Morgan fingerprint density at radius 3 is 2.32 bits per heavy atom.